The lowest BCUT2D eigenvalue weighted by Gasteiger charge is -2.50. The molecule has 0 amide bonds. The van der Waals surface area contributed by atoms with Crippen LogP contribution in [0.3, 0.4) is 0 Å². The van der Waals surface area contributed by atoms with E-state index in [1.807, 2.05) is 27.7 Å². The van der Waals surface area contributed by atoms with Crippen LogP contribution in [0.25, 0.3) is 0 Å². The number of rotatable bonds is 1. The molecule has 1 fully saturated rings. The molecular weight excluding hydrogens is 230 g/mol. The maximum Gasteiger partial charge on any atom is 0.302 e. The van der Waals surface area contributed by atoms with E-state index in [-0.39, 0.29) is 35.6 Å². The van der Waals surface area contributed by atoms with Gasteiger partial charge in [-0.05, 0) is 27.7 Å². The highest BCUT2D eigenvalue weighted by Crippen LogP contribution is 2.37. The Balaban J connectivity index is 0.00000225. The lowest BCUT2D eigenvalue weighted by atomic mass is 9.80. The molecule has 0 radical (unpaired) electrons. The number of ether oxygens (including phenoxy) is 1. The minimum atomic E-state index is -0.359. The van der Waals surface area contributed by atoms with Crippen LogP contribution < -0.4 is 0 Å². The Labute approximate surface area is 103 Å². The third-order valence-electron chi connectivity index (χ3n) is 2.93. The first-order valence-electron chi connectivity index (χ1n) is 5.31. The van der Waals surface area contributed by atoms with E-state index in [4.69, 9.17) is 4.74 Å². The average Bonchev–Trinajstić information content (AvgIpc) is 1.97. The molecule has 0 atom stereocenters. The monoisotopic (exact) mass is 251 g/mol. The first kappa shape index (κ1) is 15.7. The van der Waals surface area contributed by atoms with Crippen molar-refractivity contribution in [2.45, 2.75) is 64.6 Å². The van der Waals surface area contributed by atoms with Crippen molar-refractivity contribution in [3.05, 3.63) is 0 Å². The van der Waals surface area contributed by atoms with Gasteiger partial charge in [0.15, 0.2) is 0 Å². The summed E-state index contributed by atoms with van der Waals surface area (Å²) in [5, 5.41) is 11.4. The summed E-state index contributed by atoms with van der Waals surface area (Å²) in [5.74, 6) is -0.252. The molecule has 96 valence electrons. The van der Waals surface area contributed by atoms with Gasteiger partial charge in [0.2, 0.25) is 0 Å². The Morgan fingerprint density at radius 3 is 1.94 bits per heavy atom. The molecule has 0 aromatic rings. The predicted molar refractivity (Wildman–Crippen MR) is 63.8 cm³/mol. The second kappa shape index (κ2) is 4.90. The van der Waals surface area contributed by atoms with E-state index in [1.54, 1.807) is 0 Å². The molecule has 1 aliphatic rings. The third-order valence-corrected chi connectivity index (χ3v) is 2.93. The summed E-state index contributed by atoms with van der Waals surface area (Å²) >= 11 is 0. The Morgan fingerprint density at radius 1 is 1.25 bits per heavy atom. The molecule has 1 heterocycles. The summed E-state index contributed by atoms with van der Waals surface area (Å²) in [7, 11) is 0. The smallest absolute Gasteiger partial charge is 0.302 e. The molecule has 0 bridgehead atoms. The Kier molecular flexibility index (Phi) is 4.80. The van der Waals surface area contributed by atoms with Crippen LogP contribution >= 0.6 is 12.4 Å². The zero-order valence-corrected chi connectivity index (χ0v) is 11.4. The van der Waals surface area contributed by atoms with Gasteiger partial charge >= 0.3 is 5.97 Å². The van der Waals surface area contributed by atoms with E-state index in [0.717, 1.165) is 0 Å². The van der Waals surface area contributed by atoms with Crippen LogP contribution in [0.2, 0.25) is 0 Å². The van der Waals surface area contributed by atoms with Crippen LogP contribution in [0.1, 0.15) is 47.5 Å². The molecule has 4 nitrogen and oxygen atoms in total. The predicted octanol–water partition coefficient (Wildman–Crippen LogP) is 2.38. The molecule has 1 saturated heterocycles. The number of halogens is 1. The molecule has 0 aromatic heterocycles. The minimum absolute atomic E-state index is 0. The van der Waals surface area contributed by atoms with Crippen molar-refractivity contribution in [2.75, 3.05) is 0 Å². The minimum Gasteiger partial charge on any atom is -0.462 e. The quantitative estimate of drug-likeness (QED) is 0.727. The van der Waals surface area contributed by atoms with Gasteiger partial charge in [0, 0.05) is 30.8 Å². The van der Waals surface area contributed by atoms with Crippen LogP contribution in [0.4, 0.5) is 0 Å². The van der Waals surface area contributed by atoms with E-state index in [0.29, 0.717) is 12.8 Å². The maximum atomic E-state index is 10.9. The molecule has 16 heavy (non-hydrogen) atoms. The van der Waals surface area contributed by atoms with Crippen molar-refractivity contribution < 1.29 is 14.7 Å². The van der Waals surface area contributed by atoms with Crippen molar-refractivity contribution in [3.63, 3.8) is 0 Å². The highest BCUT2D eigenvalue weighted by atomic mass is 35.5. The maximum absolute atomic E-state index is 10.9. The highest BCUT2D eigenvalue weighted by Gasteiger charge is 2.46. The van der Waals surface area contributed by atoms with Crippen LogP contribution in [0, 0.1) is 0 Å². The number of carbonyl (C=O) groups is 1. The SMILES string of the molecule is CC(=O)OC1CC(C)(C)N(O)C(C)(C)C1.Cl. The van der Waals surface area contributed by atoms with E-state index in [1.165, 1.54) is 12.0 Å². The van der Waals surface area contributed by atoms with Crippen molar-refractivity contribution in [2.24, 2.45) is 0 Å². The van der Waals surface area contributed by atoms with Crippen molar-refractivity contribution in [1.82, 2.24) is 5.06 Å². The average molecular weight is 252 g/mol. The first-order valence-corrected chi connectivity index (χ1v) is 5.31. The van der Waals surface area contributed by atoms with E-state index < -0.39 is 0 Å². The Hall–Kier alpha value is -0.320. The van der Waals surface area contributed by atoms with Gasteiger partial charge in [-0.25, -0.2) is 0 Å². The van der Waals surface area contributed by atoms with Crippen molar-refractivity contribution >= 4 is 18.4 Å². The molecule has 1 aliphatic heterocycles. The fraction of sp³-hybridized carbons (Fsp3) is 0.909. The van der Waals surface area contributed by atoms with Crippen LogP contribution in [0.5, 0.6) is 0 Å². The normalized spacial score (nSPS) is 24.6. The van der Waals surface area contributed by atoms with Crippen LogP contribution in [0.15, 0.2) is 0 Å². The molecule has 5 heteroatoms. The molecule has 1 rings (SSSR count). The summed E-state index contributed by atoms with van der Waals surface area (Å²) in [6.45, 7) is 9.22. The molecule has 0 aliphatic carbocycles. The number of esters is 1. The number of nitrogens with zero attached hydrogens (tertiary/aromatic N) is 1. The third kappa shape index (κ3) is 3.34. The van der Waals surface area contributed by atoms with Crippen molar-refractivity contribution in [1.29, 1.82) is 0 Å². The molecule has 0 unspecified atom stereocenters. The van der Waals surface area contributed by atoms with E-state index in [9.17, 15) is 10.0 Å². The topological polar surface area (TPSA) is 49.8 Å². The molecular formula is C11H22ClNO3. The van der Waals surface area contributed by atoms with Gasteiger partial charge in [0.25, 0.3) is 0 Å². The second-order valence-corrected chi connectivity index (χ2v) is 5.58. The summed E-state index contributed by atoms with van der Waals surface area (Å²) < 4.78 is 5.23. The Bertz CT molecular complexity index is 248. The molecule has 0 saturated carbocycles. The van der Waals surface area contributed by atoms with Gasteiger partial charge in [-0.2, -0.15) is 5.06 Å². The number of piperidine rings is 1. The number of hydrogen-bond donors (Lipinski definition) is 1. The van der Waals surface area contributed by atoms with Gasteiger partial charge in [0.1, 0.15) is 6.10 Å². The second-order valence-electron chi connectivity index (χ2n) is 5.58. The zero-order valence-electron chi connectivity index (χ0n) is 10.6. The van der Waals surface area contributed by atoms with Crippen molar-refractivity contribution in [3.8, 4) is 0 Å². The fourth-order valence-electron chi connectivity index (χ4n) is 2.50. The van der Waals surface area contributed by atoms with Gasteiger partial charge in [-0.1, -0.05) is 0 Å². The first-order chi connectivity index (χ1) is 6.65. The zero-order chi connectivity index (χ0) is 11.9. The summed E-state index contributed by atoms with van der Waals surface area (Å²) in [6, 6.07) is 0. The molecule has 0 spiro atoms. The fourth-order valence-corrected chi connectivity index (χ4v) is 2.50. The lowest BCUT2D eigenvalue weighted by Crippen LogP contribution is -2.60. The molecule has 0 aromatic carbocycles. The van der Waals surface area contributed by atoms with E-state index >= 15 is 0 Å². The van der Waals surface area contributed by atoms with Gasteiger partial charge in [-0.15, -0.1) is 12.4 Å². The molecule has 1 N–H and O–H groups in total. The lowest BCUT2D eigenvalue weighted by molar-refractivity contribution is -0.259. The summed E-state index contributed by atoms with van der Waals surface area (Å²) in [6.07, 6.45) is 1.22. The van der Waals surface area contributed by atoms with Crippen LogP contribution in [-0.2, 0) is 9.53 Å². The highest BCUT2D eigenvalue weighted by molar-refractivity contribution is 5.85. The number of carbonyl (C=O) groups excluding carboxylic acids is 1. The largest absolute Gasteiger partial charge is 0.462 e. The summed E-state index contributed by atoms with van der Waals surface area (Å²) in [4.78, 5) is 10.9. The van der Waals surface area contributed by atoms with Gasteiger partial charge < -0.3 is 9.94 Å². The van der Waals surface area contributed by atoms with Gasteiger partial charge in [-0.3, -0.25) is 4.79 Å². The van der Waals surface area contributed by atoms with Gasteiger partial charge in [0.05, 0.1) is 0 Å². The Morgan fingerprint density at radius 2 is 1.62 bits per heavy atom. The number of hydroxylamine groups is 2. The van der Waals surface area contributed by atoms with Crippen LogP contribution in [-0.4, -0.2) is 33.4 Å². The summed E-state index contributed by atoms with van der Waals surface area (Å²) in [5.41, 5.74) is -0.719. The number of hydrogen-bond acceptors (Lipinski definition) is 4. The van der Waals surface area contributed by atoms with E-state index in [2.05, 4.69) is 0 Å². The standard InChI is InChI=1S/C11H21NO3.ClH/c1-8(13)15-9-6-10(2,3)12(14)11(4,5)7-9;/h9,14H,6-7H2,1-5H3;1H.